The highest BCUT2D eigenvalue weighted by Gasteiger charge is 2.20. The Morgan fingerprint density at radius 2 is 1.78 bits per heavy atom. The number of nitriles is 1. The average Bonchev–Trinajstić information content (AvgIpc) is 2.60. The van der Waals surface area contributed by atoms with E-state index < -0.39 is 0 Å². The molecule has 2 aromatic rings. The molecule has 0 unspecified atom stereocenters. The standard InChI is InChI=1S/C17H19N5O/c1-14-13-16(23-12-7-18)20-17(19-14)22-10-8-21(9-11-22)15-5-3-2-4-6-15/h2-6,13H,8-12H2,1H3. The number of hydrogen-bond acceptors (Lipinski definition) is 6. The number of aryl methyl sites for hydroxylation is 1. The summed E-state index contributed by atoms with van der Waals surface area (Å²) in [6, 6.07) is 14.1. The van der Waals surface area contributed by atoms with Gasteiger partial charge in [0.2, 0.25) is 11.8 Å². The van der Waals surface area contributed by atoms with E-state index in [2.05, 4.69) is 44.0 Å². The Kier molecular flexibility index (Phi) is 4.57. The first kappa shape index (κ1) is 15.1. The van der Waals surface area contributed by atoms with Gasteiger partial charge >= 0.3 is 0 Å². The lowest BCUT2D eigenvalue weighted by molar-refractivity contribution is 0.352. The SMILES string of the molecule is Cc1cc(OCC#N)nc(N2CCN(c3ccccc3)CC2)n1. The van der Waals surface area contributed by atoms with Crippen molar-refractivity contribution < 1.29 is 4.74 Å². The summed E-state index contributed by atoms with van der Waals surface area (Å²) in [6.45, 7) is 5.47. The van der Waals surface area contributed by atoms with E-state index in [1.165, 1.54) is 5.69 Å². The summed E-state index contributed by atoms with van der Waals surface area (Å²) < 4.78 is 5.31. The molecule has 1 aliphatic heterocycles. The fraction of sp³-hybridized carbons (Fsp3) is 0.353. The van der Waals surface area contributed by atoms with Crippen LogP contribution < -0.4 is 14.5 Å². The van der Waals surface area contributed by atoms with E-state index in [1.807, 2.05) is 19.1 Å². The second-order valence-electron chi connectivity index (χ2n) is 5.40. The van der Waals surface area contributed by atoms with Crippen LogP contribution in [0.2, 0.25) is 0 Å². The zero-order valence-corrected chi connectivity index (χ0v) is 13.1. The van der Waals surface area contributed by atoms with Crippen LogP contribution in [0.15, 0.2) is 36.4 Å². The zero-order chi connectivity index (χ0) is 16.1. The van der Waals surface area contributed by atoms with Crippen molar-refractivity contribution in [3.8, 4) is 11.9 Å². The molecule has 0 amide bonds. The van der Waals surface area contributed by atoms with E-state index in [0.717, 1.165) is 31.9 Å². The van der Waals surface area contributed by atoms with Gasteiger partial charge in [-0.2, -0.15) is 10.2 Å². The highest BCUT2D eigenvalue weighted by Crippen LogP contribution is 2.20. The van der Waals surface area contributed by atoms with E-state index in [1.54, 1.807) is 6.07 Å². The first-order valence-corrected chi connectivity index (χ1v) is 7.66. The fourth-order valence-corrected chi connectivity index (χ4v) is 2.65. The third-order valence-corrected chi connectivity index (χ3v) is 3.79. The topological polar surface area (TPSA) is 65.3 Å². The fourth-order valence-electron chi connectivity index (χ4n) is 2.65. The lowest BCUT2D eigenvalue weighted by Crippen LogP contribution is -2.47. The third-order valence-electron chi connectivity index (χ3n) is 3.79. The molecule has 0 radical (unpaired) electrons. The van der Waals surface area contributed by atoms with Crippen molar-refractivity contribution in [3.63, 3.8) is 0 Å². The van der Waals surface area contributed by atoms with Gasteiger partial charge in [0.15, 0.2) is 6.61 Å². The second kappa shape index (κ2) is 6.97. The van der Waals surface area contributed by atoms with Crippen molar-refractivity contribution in [2.45, 2.75) is 6.92 Å². The Hall–Kier alpha value is -2.81. The van der Waals surface area contributed by atoms with E-state index in [9.17, 15) is 0 Å². The smallest absolute Gasteiger partial charge is 0.228 e. The molecule has 0 N–H and O–H groups in total. The Morgan fingerprint density at radius 1 is 1.09 bits per heavy atom. The maximum Gasteiger partial charge on any atom is 0.228 e. The maximum atomic E-state index is 8.62. The van der Waals surface area contributed by atoms with Gasteiger partial charge in [0.05, 0.1) is 0 Å². The van der Waals surface area contributed by atoms with Crippen molar-refractivity contribution >= 4 is 11.6 Å². The summed E-state index contributed by atoms with van der Waals surface area (Å²) in [5.41, 5.74) is 2.09. The van der Waals surface area contributed by atoms with E-state index >= 15 is 0 Å². The molecule has 6 nitrogen and oxygen atoms in total. The van der Waals surface area contributed by atoms with Crippen LogP contribution in [0.3, 0.4) is 0 Å². The average molecular weight is 309 g/mol. The minimum Gasteiger partial charge on any atom is -0.462 e. The van der Waals surface area contributed by atoms with Gasteiger partial charge in [-0.3, -0.25) is 0 Å². The number of rotatable bonds is 4. The third kappa shape index (κ3) is 3.69. The number of nitrogens with zero attached hydrogens (tertiary/aromatic N) is 5. The van der Waals surface area contributed by atoms with Crippen molar-refractivity contribution in [3.05, 3.63) is 42.1 Å². The van der Waals surface area contributed by atoms with E-state index in [4.69, 9.17) is 10.00 Å². The largest absolute Gasteiger partial charge is 0.462 e. The number of anilines is 2. The van der Waals surface area contributed by atoms with Gasteiger partial charge in [0, 0.05) is 43.6 Å². The number of hydrogen-bond donors (Lipinski definition) is 0. The first-order chi connectivity index (χ1) is 11.3. The van der Waals surface area contributed by atoms with Crippen molar-refractivity contribution in [1.29, 1.82) is 5.26 Å². The molecule has 1 saturated heterocycles. The molecule has 1 fully saturated rings. The van der Waals surface area contributed by atoms with Crippen LogP contribution in [0.4, 0.5) is 11.6 Å². The van der Waals surface area contributed by atoms with Gasteiger partial charge < -0.3 is 14.5 Å². The Bertz CT molecular complexity index is 690. The molecule has 1 aromatic carbocycles. The summed E-state index contributed by atoms with van der Waals surface area (Å²) in [5.74, 6) is 1.13. The lowest BCUT2D eigenvalue weighted by atomic mass is 10.2. The molecule has 0 saturated carbocycles. The van der Waals surface area contributed by atoms with Gasteiger partial charge in [0.1, 0.15) is 6.07 Å². The predicted molar refractivity (Wildman–Crippen MR) is 88.7 cm³/mol. The van der Waals surface area contributed by atoms with Crippen LogP contribution in [0, 0.1) is 18.3 Å². The molecular weight excluding hydrogens is 290 g/mol. The van der Waals surface area contributed by atoms with Crippen LogP contribution in [0.5, 0.6) is 5.88 Å². The highest BCUT2D eigenvalue weighted by atomic mass is 16.5. The van der Waals surface area contributed by atoms with E-state index in [-0.39, 0.29) is 6.61 Å². The van der Waals surface area contributed by atoms with Crippen LogP contribution in [0.1, 0.15) is 5.69 Å². The van der Waals surface area contributed by atoms with Crippen LogP contribution >= 0.6 is 0 Å². The predicted octanol–water partition coefficient (Wildman–Crippen LogP) is 2.01. The van der Waals surface area contributed by atoms with Gasteiger partial charge in [-0.1, -0.05) is 18.2 Å². The van der Waals surface area contributed by atoms with Gasteiger partial charge in [-0.15, -0.1) is 0 Å². The number of ether oxygens (including phenoxy) is 1. The minimum atomic E-state index is -0.00230. The molecule has 0 spiro atoms. The van der Waals surface area contributed by atoms with Crippen molar-refractivity contribution in [2.75, 3.05) is 42.6 Å². The van der Waals surface area contributed by atoms with Crippen molar-refractivity contribution in [1.82, 2.24) is 9.97 Å². The van der Waals surface area contributed by atoms with Gasteiger partial charge in [-0.05, 0) is 19.1 Å². The molecule has 0 bridgehead atoms. The number of para-hydroxylation sites is 1. The van der Waals surface area contributed by atoms with Gasteiger partial charge in [-0.25, -0.2) is 4.98 Å². The van der Waals surface area contributed by atoms with Crippen molar-refractivity contribution in [2.24, 2.45) is 0 Å². The molecule has 1 aliphatic rings. The molecule has 2 heterocycles. The zero-order valence-electron chi connectivity index (χ0n) is 13.1. The lowest BCUT2D eigenvalue weighted by Gasteiger charge is -2.36. The molecular formula is C17H19N5O. The first-order valence-electron chi connectivity index (χ1n) is 7.66. The molecule has 0 aliphatic carbocycles. The number of benzene rings is 1. The normalized spacial score (nSPS) is 14.4. The monoisotopic (exact) mass is 309 g/mol. The Labute approximate surface area is 136 Å². The number of aromatic nitrogens is 2. The number of piperazine rings is 1. The van der Waals surface area contributed by atoms with Crippen LogP contribution in [-0.4, -0.2) is 42.8 Å². The van der Waals surface area contributed by atoms with Gasteiger partial charge in [0.25, 0.3) is 0 Å². The molecule has 3 rings (SSSR count). The van der Waals surface area contributed by atoms with Crippen LogP contribution in [0.25, 0.3) is 0 Å². The van der Waals surface area contributed by atoms with Crippen LogP contribution in [-0.2, 0) is 0 Å². The second-order valence-corrected chi connectivity index (χ2v) is 5.40. The summed E-state index contributed by atoms with van der Waals surface area (Å²) in [4.78, 5) is 13.4. The Morgan fingerprint density at radius 3 is 2.48 bits per heavy atom. The Balaban J connectivity index is 1.68. The summed E-state index contributed by atoms with van der Waals surface area (Å²) in [6.07, 6.45) is 0. The molecule has 118 valence electrons. The molecule has 23 heavy (non-hydrogen) atoms. The molecule has 0 atom stereocenters. The minimum absolute atomic E-state index is 0.00230. The highest BCUT2D eigenvalue weighted by molar-refractivity contribution is 5.48. The van der Waals surface area contributed by atoms with E-state index in [0.29, 0.717) is 11.8 Å². The molecule has 6 heteroatoms. The maximum absolute atomic E-state index is 8.62. The molecule has 1 aromatic heterocycles. The summed E-state index contributed by atoms with van der Waals surface area (Å²) in [7, 11) is 0. The quantitative estimate of drug-likeness (QED) is 0.861. The summed E-state index contributed by atoms with van der Waals surface area (Å²) in [5, 5.41) is 8.62. The summed E-state index contributed by atoms with van der Waals surface area (Å²) >= 11 is 0.